The van der Waals surface area contributed by atoms with Gasteiger partial charge in [-0.15, -0.1) is 0 Å². The molecule has 0 heterocycles. The minimum Gasteiger partial charge on any atom is -0.507 e. The van der Waals surface area contributed by atoms with E-state index in [0.717, 1.165) is 36.1 Å². The van der Waals surface area contributed by atoms with E-state index in [2.05, 4.69) is 25.8 Å². The lowest BCUT2D eigenvalue weighted by Crippen LogP contribution is -2.17. The number of aromatic hydroxyl groups is 1. The summed E-state index contributed by atoms with van der Waals surface area (Å²) < 4.78 is 5.36. The van der Waals surface area contributed by atoms with E-state index in [-0.39, 0.29) is 5.41 Å². The second-order valence-corrected chi connectivity index (χ2v) is 6.21. The summed E-state index contributed by atoms with van der Waals surface area (Å²) in [5, 5.41) is 10.5. The number of aliphatic imine (C=N–C) groups is 1. The van der Waals surface area contributed by atoms with Crippen LogP contribution in [0.3, 0.4) is 0 Å². The van der Waals surface area contributed by atoms with Crippen LogP contribution in [-0.2, 0) is 5.41 Å². The molecule has 0 aromatic heterocycles. The molecule has 1 N–H and O–H groups in total. The summed E-state index contributed by atoms with van der Waals surface area (Å²) in [6, 6.07) is 4.22. The number of hydrogen-bond donors (Lipinski definition) is 1. The van der Waals surface area contributed by atoms with Crippen molar-refractivity contribution in [2.75, 3.05) is 7.11 Å². The zero-order valence-corrected chi connectivity index (χ0v) is 12.9. The molecule has 0 saturated heterocycles. The number of nitrogens with zero attached hydrogens (tertiary/aromatic N) is 1. The van der Waals surface area contributed by atoms with Crippen LogP contribution in [0.4, 0.5) is 0 Å². The second kappa shape index (κ2) is 5.86. The molecule has 2 rings (SSSR count). The third-order valence-electron chi connectivity index (χ3n) is 4.46. The summed E-state index contributed by atoms with van der Waals surface area (Å²) in [6.45, 7) is 6.39. The number of benzene rings is 1. The van der Waals surface area contributed by atoms with Crippen molar-refractivity contribution in [3.63, 3.8) is 0 Å². The zero-order valence-electron chi connectivity index (χ0n) is 12.9. The van der Waals surface area contributed by atoms with Gasteiger partial charge < -0.3 is 9.84 Å². The Labute approximate surface area is 121 Å². The summed E-state index contributed by atoms with van der Waals surface area (Å²) in [5.74, 6) is 1.11. The molecule has 0 spiro atoms. The minimum atomic E-state index is -0.0856. The quantitative estimate of drug-likeness (QED) is 0.823. The van der Waals surface area contributed by atoms with Crippen molar-refractivity contribution in [1.82, 2.24) is 0 Å². The molecule has 0 aliphatic heterocycles. The van der Waals surface area contributed by atoms with Crippen molar-refractivity contribution in [3.05, 3.63) is 23.3 Å². The highest BCUT2D eigenvalue weighted by Gasteiger charge is 2.24. The van der Waals surface area contributed by atoms with Gasteiger partial charge in [-0.3, -0.25) is 4.99 Å². The number of methoxy groups -OCH3 is 1. The summed E-state index contributed by atoms with van der Waals surface area (Å²) in [4.78, 5) is 4.54. The third-order valence-corrected chi connectivity index (χ3v) is 4.46. The number of hydrogen-bond acceptors (Lipinski definition) is 3. The lowest BCUT2D eigenvalue weighted by molar-refractivity contribution is 0.399. The first-order valence-electron chi connectivity index (χ1n) is 7.42. The Bertz CT molecular complexity index is 502. The molecular formula is C17H25NO2. The fraction of sp³-hybridized carbons (Fsp3) is 0.588. The molecule has 1 aromatic rings. The molecule has 0 amide bonds. The Balaban J connectivity index is 2.39. The highest BCUT2D eigenvalue weighted by molar-refractivity contribution is 5.85. The summed E-state index contributed by atoms with van der Waals surface area (Å²) in [5.41, 5.74) is 1.60. The van der Waals surface area contributed by atoms with Gasteiger partial charge in [0, 0.05) is 23.4 Å². The molecule has 1 aromatic carbocycles. The predicted molar refractivity (Wildman–Crippen MR) is 83.2 cm³/mol. The summed E-state index contributed by atoms with van der Waals surface area (Å²) in [6.07, 6.45) is 6.34. The van der Waals surface area contributed by atoms with Crippen LogP contribution >= 0.6 is 0 Å². The topological polar surface area (TPSA) is 41.8 Å². The smallest absolute Gasteiger partial charge is 0.128 e. The van der Waals surface area contributed by atoms with Crippen LogP contribution in [0.1, 0.15) is 57.6 Å². The largest absolute Gasteiger partial charge is 0.507 e. The number of phenolic OH excluding ortho intramolecular Hbond substituents is 1. The molecule has 0 bridgehead atoms. The number of phenols is 1. The van der Waals surface area contributed by atoms with Gasteiger partial charge in [0.25, 0.3) is 0 Å². The van der Waals surface area contributed by atoms with Crippen molar-refractivity contribution < 1.29 is 9.84 Å². The molecule has 110 valence electrons. The van der Waals surface area contributed by atoms with E-state index in [0.29, 0.717) is 11.8 Å². The van der Waals surface area contributed by atoms with Gasteiger partial charge in [0.05, 0.1) is 7.11 Å². The van der Waals surface area contributed by atoms with Gasteiger partial charge in [-0.25, -0.2) is 0 Å². The van der Waals surface area contributed by atoms with Crippen molar-refractivity contribution in [2.24, 2.45) is 4.99 Å². The number of ether oxygens (including phenoxy) is 1. The second-order valence-electron chi connectivity index (χ2n) is 6.21. The van der Waals surface area contributed by atoms with Gasteiger partial charge in [0.15, 0.2) is 0 Å². The van der Waals surface area contributed by atoms with E-state index >= 15 is 0 Å². The van der Waals surface area contributed by atoms with Crippen LogP contribution < -0.4 is 4.74 Å². The van der Waals surface area contributed by atoms with E-state index in [1.54, 1.807) is 13.3 Å². The maximum absolute atomic E-state index is 10.5. The fourth-order valence-electron chi connectivity index (χ4n) is 2.27. The van der Waals surface area contributed by atoms with E-state index in [4.69, 9.17) is 4.74 Å². The average Bonchev–Trinajstić information content (AvgIpc) is 2.38. The molecule has 20 heavy (non-hydrogen) atoms. The van der Waals surface area contributed by atoms with Gasteiger partial charge >= 0.3 is 0 Å². The van der Waals surface area contributed by atoms with Gasteiger partial charge in [0.2, 0.25) is 0 Å². The van der Waals surface area contributed by atoms with E-state index in [1.165, 1.54) is 6.42 Å². The Morgan fingerprint density at radius 3 is 2.60 bits per heavy atom. The monoisotopic (exact) mass is 275 g/mol. The van der Waals surface area contributed by atoms with Crippen molar-refractivity contribution in [2.45, 2.75) is 57.9 Å². The van der Waals surface area contributed by atoms with Crippen LogP contribution in [0.25, 0.3) is 0 Å². The molecule has 1 aliphatic carbocycles. The van der Waals surface area contributed by atoms with Crippen LogP contribution in [0.2, 0.25) is 0 Å². The molecular weight excluding hydrogens is 250 g/mol. The fourth-order valence-corrected chi connectivity index (χ4v) is 2.27. The Kier molecular flexibility index (Phi) is 4.36. The molecule has 0 radical (unpaired) electrons. The predicted octanol–water partition coefficient (Wildman–Crippen LogP) is 4.06. The lowest BCUT2D eigenvalue weighted by Gasteiger charge is -2.26. The molecule has 0 atom stereocenters. The highest BCUT2D eigenvalue weighted by atomic mass is 16.5. The highest BCUT2D eigenvalue weighted by Crippen LogP contribution is 2.38. The van der Waals surface area contributed by atoms with Gasteiger partial charge in [-0.05, 0) is 43.2 Å². The Hall–Kier alpha value is -1.51. The summed E-state index contributed by atoms with van der Waals surface area (Å²) in [7, 11) is 1.65. The molecule has 3 heteroatoms. The van der Waals surface area contributed by atoms with Gasteiger partial charge in [-0.1, -0.05) is 20.8 Å². The third kappa shape index (κ3) is 2.97. The van der Waals surface area contributed by atoms with Gasteiger partial charge in [-0.2, -0.15) is 0 Å². The SMILES string of the molecule is CCC(C)(C)c1cc(OC)cc(C=NC2CCC2)c1O. The Morgan fingerprint density at radius 2 is 2.10 bits per heavy atom. The number of rotatable bonds is 5. The standard InChI is InChI=1S/C17H25NO2/c1-5-17(2,3)15-10-14(20-4)9-12(16(15)19)11-18-13-7-6-8-13/h9-11,13,19H,5-8H2,1-4H3. The molecule has 1 aliphatic rings. The molecule has 1 saturated carbocycles. The van der Waals surface area contributed by atoms with Crippen molar-refractivity contribution in [3.8, 4) is 11.5 Å². The first-order valence-corrected chi connectivity index (χ1v) is 7.42. The maximum Gasteiger partial charge on any atom is 0.128 e. The molecule has 1 fully saturated rings. The van der Waals surface area contributed by atoms with Crippen LogP contribution in [0.5, 0.6) is 11.5 Å². The minimum absolute atomic E-state index is 0.0856. The van der Waals surface area contributed by atoms with Crippen LogP contribution in [0.15, 0.2) is 17.1 Å². The van der Waals surface area contributed by atoms with Crippen LogP contribution in [-0.4, -0.2) is 24.5 Å². The van der Waals surface area contributed by atoms with Crippen molar-refractivity contribution >= 4 is 6.21 Å². The van der Waals surface area contributed by atoms with E-state index < -0.39 is 0 Å². The van der Waals surface area contributed by atoms with Gasteiger partial charge in [0.1, 0.15) is 11.5 Å². The molecule has 0 unspecified atom stereocenters. The Morgan fingerprint density at radius 1 is 1.40 bits per heavy atom. The average molecular weight is 275 g/mol. The normalized spacial score (nSPS) is 16.4. The summed E-state index contributed by atoms with van der Waals surface area (Å²) >= 11 is 0. The van der Waals surface area contributed by atoms with Crippen molar-refractivity contribution in [1.29, 1.82) is 0 Å². The van der Waals surface area contributed by atoms with Crippen LogP contribution in [0, 0.1) is 0 Å². The maximum atomic E-state index is 10.5. The van der Waals surface area contributed by atoms with E-state index in [1.807, 2.05) is 12.1 Å². The lowest BCUT2D eigenvalue weighted by atomic mass is 9.80. The van der Waals surface area contributed by atoms with E-state index in [9.17, 15) is 5.11 Å². The zero-order chi connectivity index (χ0) is 14.8. The first kappa shape index (κ1) is 14.9. The molecule has 3 nitrogen and oxygen atoms in total. The first-order chi connectivity index (χ1) is 9.47.